The number of methoxy groups -OCH3 is 2. The van der Waals surface area contributed by atoms with Gasteiger partial charge in [-0.1, -0.05) is 60.7 Å². The Bertz CT molecular complexity index is 1410. The van der Waals surface area contributed by atoms with Gasteiger partial charge in [-0.25, -0.2) is 0 Å². The highest BCUT2D eigenvalue weighted by molar-refractivity contribution is 5.88. The van der Waals surface area contributed by atoms with Crippen LogP contribution in [-0.4, -0.2) is 98.4 Å². The van der Waals surface area contributed by atoms with Crippen LogP contribution in [0.4, 0.5) is 0 Å². The zero-order valence-electron chi connectivity index (χ0n) is 28.1. The molecule has 0 aromatic heterocycles. The van der Waals surface area contributed by atoms with E-state index >= 15 is 0 Å². The first-order valence-corrected chi connectivity index (χ1v) is 17.3. The Morgan fingerprint density at radius 3 is 1.27 bits per heavy atom. The van der Waals surface area contributed by atoms with Crippen molar-refractivity contribution in [1.82, 2.24) is 9.80 Å². The quantitative estimate of drug-likeness (QED) is 0.306. The van der Waals surface area contributed by atoms with Crippen LogP contribution in [-0.2, 0) is 38.1 Å². The van der Waals surface area contributed by atoms with E-state index in [0.717, 1.165) is 36.8 Å². The van der Waals surface area contributed by atoms with Gasteiger partial charge < -0.3 is 18.9 Å². The topological polar surface area (TPSA) is 112 Å². The van der Waals surface area contributed by atoms with Crippen LogP contribution >= 0.6 is 0 Å². The van der Waals surface area contributed by atoms with Crippen molar-refractivity contribution in [3.05, 3.63) is 71.8 Å². The fraction of sp³-hybridized carbons (Fsp3) is 0.579. The molecule has 256 valence electrons. The summed E-state index contributed by atoms with van der Waals surface area (Å²) in [5.41, 5.74) is 1.85. The maximum absolute atomic E-state index is 14.5. The number of benzene rings is 2. The average molecular weight is 659 g/mol. The van der Waals surface area contributed by atoms with Gasteiger partial charge in [0.25, 0.3) is 0 Å². The van der Waals surface area contributed by atoms with E-state index in [1.54, 1.807) is 0 Å². The number of hydrogen-bond donors (Lipinski definition) is 0. The van der Waals surface area contributed by atoms with Crippen LogP contribution in [0, 0.1) is 23.7 Å². The minimum atomic E-state index is -0.847. The molecular formula is C38H46N2O8. The summed E-state index contributed by atoms with van der Waals surface area (Å²) in [7, 11) is 6.77. The zero-order valence-corrected chi connectivity index (χ0v) is 28.1. The average Bonchev–Trinajstić information content (AvgIpc) is 3.45. The Hall–Kier alpha value is -3.76. The SMILES string of the molecule is COC(=O)[C@H]1C(OC(=O)[C@@H]2[C@H](C(=O)OC3C[C@@H]4CC[C@H]([C@H]3C(=O)OC)N4C)[C@H](c3ccccc3)[C@@H]2c2ccccc2)C[C@@H]2CC[C@H]1N2C. The van der Waals surface area contributed by atoms with Crippen molar-refractivity contribution >= 4 is 23.9 Å². The van der Waals surface area contributed by atoms with Crippen LogP contribution < -0.4 is 0 Å². The number of hydrogen-bond acceptors (Lipinski definition) is 10. The van der Waals surface area contributed by atoms with E-state index in [4.69, 9.17) is 18.9 Å². The highest BCUT2D eigenvalue weighted by atomic mass is 16.6. The molecule has 0 N–H and O–H groups in total. The van der Waals surface area contributed by atoms with Gasteiger partial charge in [0.1, 0.15) is 24.0 Å². The van der Waals surface area contributed by atoms with Crippen molar-refractivity contribution in [2.45, 2.75) is 86.7 Å². The molecule has 2 unspecified atom stereocenters. The van der Waals surface area contributed by atoms with Gasteiger partial charge in [0.15, 0.2) is 0 Å². The van der Waals surface area contributed by atoms with E-state index in [-0.39, 0.29) is 47.9 Å². The van der Waals surface area contributed by atoms with Crippen LogP contribution in [0.25, 0.3) is 0 Å². The molecule has 5 aliphatic rings. The van der Waals surface area contributed by atoms with Gasteiger partial charge in [0.05, 0.1) is 26.1 Å². The maximum Gasteiger partial charge on any atom is 0.314 e. The Morgan fingerprint density at radius 1 is 0.542 bits per heavy atom. The van der Waals surface area contributed by atoms with Crippen molar-refractivity contribution in [2.24, 2.45) is 23.7 Å². The number of carbonyl (C=O) groups excluding carboxylic acids is 4. The molecule has 48 heavy (non-hydrogen) atoms. The number of rotatable bonds is 8. The molecule has 0 spiro atoms. The Labute approximate surface area is 282 Å². The highest BCUT2D eigenvalue weighted by Gasteiger charge is 2.62. The standard InChI is InChI=1S/C38H46N2O8/c1-39-23-15-17-25(39)31(35(41)45-3)27(19-23)47-37(43)33-29(21-11-7-5-8-12-21)30(22-13-9-6-10-14-22)34(33)38(44)48-28-20-24-16-18-26(40(24)2)32(28)36(42)46-4/h5-14,23-34H,15-20H2,1-4H3/t23-,24-,25+,26+,27?,28?,29-,30+,31+,32+,33-,34+/m0/s1. The zero-order chi connectivity index (χ0) is 33.7. The van der Waals surface area contributed by atoms with E-state index in [0.29, 0.717) is 12.8 Å². The number of ether oxygens (including phenoxy) is 4. The summed E-state index contributed by atoms with van der Waals surface area (Å²) in [5, 5.41) is 0. The summed E-state index contributed by atoms with van der Waals surface area (Å²) < 4.78 is 23.1. The molecule has 5 fully saturated rings. The molecule has 0 amide bonds. The maximum atomic E-state index is 14.5. The fourth-order valence-electron chi connectivity index (χ4n) is 9.94. The molecule has 0 radical (unpaired) electrons. The lowest BCUT2D eigenvalue weighted by Crippen LogP contribution is -2.58. The van der Waals surface area contributed by atoms with Crippen LogP contribution in [0.15, 0.2) is 60.7 Å². The van der Waals surface area contributed by atoms with Crippen molar-refractivity contribution in [1.29, 1.82) is 0 Å². The van der Waals surface area contributed by atoms with Gasteiger partial charge in [-0.15, -0.1) is 0 Å². The first kappa shape index (κ1) is 32.8. The summed E-state index contributed by atoms with van der Waals surface area (Å²) in [6.45, 7) is 0. The largest absolute Gasteiger partial charge is 0.469 e. The van der Waals surface area contributed by atoms with Gasteiger partial charge in [0, 0.05) is 48.8 Å². The fourth-order valence-corrected chi connectivity index (χ4v) is 9.94. The smallest absolute Gasteiger partial charge is 0.314 e. The van der Waals surface area contributed by atoms with Crippen molar-refractivity contribution in [3.63, 3.8) is 0 Å². The first-order valence-electron chi connectivity index (χ1n) is 17.3. The predicted octanol–water partition coefficient (Wildman–Crippen LogP) is 3.94. The summed E-state index contributed by atoms with van der Waals surface area (Å²) in [6.07, 6.45) is 3.24. The van der Waals surface area contributed by atoms with E-state index < -0.39 is 47.8 Å². The number of esters is 4. The van der Waals surface area contributed by atoms with Crippen molar-refractivity contribution in [2.75, 3.05) is 28.3 Å². The highest BCUT2D eigenvalue weighted by Crippen LogP contribution is 2.59. The minimum Gasteiger partial charge on any atom is -0.469 e. The molecule has 2 aromatic rings. The van der Waals surface area contributed by atoms with Crippen molar-refractivity contribution < 1.29 is 38.1 Å². The van der Waals surface area contributed by atoms with E-state index in [1.165, 1.54) is 14.2 Å². The lowest BCUT2D eigenvalue weighted by molar-refractivity contribution is -0.190. The van der Waals surface area contributed by atoms with Gasteiger partial charge in [-0.2, -0.15) is 0 Å². The molecule has 1 aliphatic carbocycles. The van der Waals surface area contributed by atoms with E-state index in [1.807, 2.05) is 74.8 Å². The molecular weight excluding hydrogens is 612 g/mol. The molecule has 10 nitrogen and oxygen atoms in total. The Morgan fingerprint density at radius 2 is 0.917 bits per heavy atom. The van der Waals surface area contributed by atoms with Crippen LogP contribution in [0.5, 0.6) is 0 Å². The third-order valence-corrected chi connectivity index (χ3v) is 12.4. The molecule has 7 rings (SSSR count). The Kier molecular flexibility index (Phi) is 9.06. The third kappa shape index (κ3) is 5.50. The summed E-state index contributed by atoms with van der Waals surface area (Å²) in [4.78, 5) is 59.7. The monoisotopic (exact) mass is 658 g/mol. The van der Waals surface area contributed by atoms with Crippen LogP contribution in [0.3, 0.4) is 0 Å². The molecule has 4 aliphatic heterocycles. The first-order chi connectivity index (χ1) is 23.2. The second kappa shape index (κ2) is 13.3. The van der Waals surface area contributed by atoms with Gasteiger partial charge in [0.2, 0.25) is 0 Å². The molecule has 2 aromatic carbocycles. The molecule has 4 saturated heterocycles. The van der Waals surface area contributed by atoms with Gasteiger partial charge in [-0.3, -0.25) is 29.0 Å². The number of fused-ring (bicyclic) bond motifs is 4. The van der Waals surface area contributed by atoms with Gasteiger partial charge >= 0.3 is 23.9 Å². The number of carbonyl (C=O) groups is 4. The Balaban J connectivity index is 1.23. The van der Waals surface area contributed by atoms with Gasteiger partial charge in [-0.05, 0) is 50.9 Å². The second-order valence-corrected chi connectivity index (χ2v) is 14.4. The molecule has 1 saturated carbocycles. The van der Waals surface area contributed by atoms with Crippen molar-refractivity contribution in [3.8, 4) is 0 Å². The number of nitrogens with zero attached hydrogens (tertiary/aromatic N) is 2. The summed E-state index contributed by atoms with van der Waals surface area (Å²) in [6, 6.07) is 19.8. The molecule has 4 heterocycles. The molecule has 10 heteroatoms. The lowest BCUT2D eigenvalue weighted by atomic mass is 9.52. The predicted molar refractivity (Wildman–Crippen MR) is 174 cm³/mol. The lowest BCUT2D eigenvalue weighted by Gasteiger charge is -2.51. The molecule has 12 atom stereocenters. The second-order valence-electron chi connectivity index (χ2n) is 14.4. The van der Waals surface area contributed by atoms with E-state index in [2.05, 4.69) is 9.80 Å². The van der Waals surface area contributed by atoms with Crippen LogP contribution in [0.2, 0.25) is 0 Å². The summed E-state index contributed by atoms with van der Waals surface area (Å²) in [5.74, 6) is -5.41. The van der Waals surface area contributed by atoms with E-state index in [9.17, 15) is 19.2 Å². The molecule has 4 bridgehead atoms. The minimum absolute atomic E-state index is 0.0757. The number of piperidine rings is 2. The van der Waals surface area contributed by atoms with Crippen LogP contribution in [0.1, 0.15) is 61.5 Å². The third-order valence-electron chi connectivity index (χ3n) is 12.4. The normalized spacial score (nSPS) is 37.2. The summed E-state index contributed by atoms with van der Waals surface area (Å²) >= 11 is 0.